The number of ether oxygens (including phenoxy) is 1. The maximum absolute atomic E-state index is 12.5. The van der Waals surface area contributed by atoms with Crippen LogP contribution in [0.3, 0.4) is 0 Å². The maximum Gasteiger partial charge on any atom is 0.221 e. The summed E-state index contributed by atoms with van der Waals surface area (Å²) in [5, 5.41) is 3.16. The Labute approximate surface area is 135 Å². The maximum atomic E-state index is 12.5. The summed E-state index contributed by atoms with van der Waals surface area (Å²) in [7, 11) is 0. The number of nitrogens with zero attached hydrogens (tertiary/aromatic N) is 2. The monoisotopic (exact) mass is 315 g/mol. The molecule has 0 aliphatic carbocycles. The highest BCUT2D eigenvalue weighted by Crippen LogP contribution is 2.30. The van der Waals surface area contributed by atoms with Gasteiger partial charge < -0.3 is 14.5 Å². The zero-order valence-corrected chi connectivity index (χ0v) is 13.2. The number of amides is 1. The van der Waals surface area contributed by atoms with Gasteiger partial charge in [0.15, 0.2) is 5.82 Å². The molecule has 1 aliphatic heterocycles. The molecule has 6 nitrogen and oxygen atoms in total. The number of nitrogens with one attached hydrogen (secondary N) is 1. The molecule has 0 saturated carbocycles. The average Bonchev–Trinajstić information content (AvgIpc) is 3.11. The number of carbonyl (C=O) groups is 1. The standard InChI is InChI=1S/C17H21N3O3/c1-13(14-4-2-9-23-14)12-15(21)20-17(5-10-22-11-6-17)16-18-7-3-8-19-16/h2-4,7-9,13H,5-6,10-12H2,1H3,(H,20,21). The van der Waals surface area contributed by atoms with Gasteiger partial charge in [-0.05, 0) is 18.2 Å². The molecular weight excluding hydrogens is 294 g/mol. The van der Waals surface area contributed by atoms with Crippen molar-refractivity contribution in [2.24, 2.45) is 0 Å². The van der Waals surface area contributed by atoms with E-state index in [1.54, 1.807) is 24.7 Å². The molecule has 1 N–H and O–H groups in total. The Balaban J connectivity index is 1.72. The van der Waals surface area contributed by atoms with Gasteiger partial charge in [-0.1, -0.05) is 6.92 Å². The summed E-state index contributed by atoms with van der Waals surface area (Å²) >= 11 is 0. The van der Waals surface area contributed by atoms with E-state index in [1.165, 1.54) is 0 Å². The third-order valence-corrected chi connectivity index (χ3v) is 4.24. The first-order chi connectivity index (χ1) is 11.2. The predicted octanol–water partition coefficient (Wildman–Crippen LogP) is 2.39. The van der Waals surface area contributed by atoms with Crippen LogP contribution in [-0.2, 0) is 15.1 Å². The van der Waals surface area contributed by atoms with E-state index >= 15 is 0 Å². The van der Waals surface area contributed by atoms with Crippen molar-refractivity contribution in [3.8, 4) is 0 Å². The Kier molecular flexibility index (Phi) is 4.71. The Morgan fingerprint density at radius 3 is 2.70 bits per heavy atom. The van der Waals surface area contributed by atoms with Crippen molar-refractivity contribution in [2.75, 3.05) is 13.2 Å². The lowest BCUT2D eigenvalue weighted by Gasteiger charge is -2.36. The summed E-state index contributed by atoms with van der Waals surface area (Å²) in [4.78, 5) is 21.3. The summed E-state index contributed by atoms with van der Waals surface area (Å²) in [6.07, 6.45) is 6.76. The number of hydrogen-bond donors (Lipinski definition) is 1. The third-order valence-electron chi connectivity index (χ3n) is 4.24. The first kappa shape index (κ1) is 15.7. The van der Waals surface area contributed by atoms with E-state index < -0.39 is 5.54 Å². The zero-order valence-electron chi connectivity index (χ0n) is 13.2. The number of furan rings is 1. The molecule has 0 spiro atoms. The summed E-state index contributed by atoms with van der Waals surface area (Å²) < 4.78 is 10.8. The number of aromatic nitrogens is 2. The zero-order chi connectivity index (χ0) is 16.1. The summed E-state index contributed by atoms with van der Waals surface area (Å²) in [5.41, 5.74) is -0.542. The third kappa shape index (κ3) is 3.59. The molecule has 3 rings (SSSR count). The molecule has 1 atom stereocenters. The highest BCUT2D eigenvalue weighted by Gasteiger charge is 2.38. The van der Waals surface area contributed by atoms with Gasteiger partial charge >= 0.3 is 0 Å². The predicted molar refractivity (Wildman–Crippen MR) is 83.6 cm³/mol. The highest BCUT2D eigenvalue weighted by molar-refractivity contribution is 5.77. The van der Waals surface area contributed by atoms with Crippen LogP contribution in [0.4, 0.5) is 0 Å². The minimum atomic E-state index is -0.542. The van der Waals surface area contributed by atoms with Gasteiger partial charge in [-0.3, -0.25) is 4.79 Å². The second-order valence-corrected chi connectivity index (χ2v) is 5.94. The molecular formula is C17H21N3O3. The molecule has 1 saturated heterocycles. The van der Waals surface area contributed by atoms with Crippen LogP contribution in [-0.4, -0.2) is 29.1 Å². The van der Waals surface area contributed by atoms with Gasteiger partial charge in [0.2, 0.25) is 5.91 Å². The molecule has 0 radical (unpaired) electrons. The van der Waals surface area contributed by atoms with Crippen molar-refractivity contribution in [1.82, 2.24) is 15.3 Å². The minimum Gasteiger partial charge on any atom is -0.469 e. The van der Waals surface area contributed by atoms with E-state index in [1.807, 2.05) is 19.1 Å². The van der Waals surface area contributed by atoms with Crippen molar-refractivity contribution >= 4 is 5.91 Å². The smallest absolute Gasteiger partial charge is 0.221 e. The second kappa shape index (κ2) is 6.91. The van der Waals surface area contributed by atoms with Gasteiger partial charge in [0.1, 0.15) is 11.3 Å². The lowest BCUT2D eigenvalue weighted by molar-refractivity contribution is -0.125. The van der Waals surface area contributed by atoms with E-state index in [4.69, 9.17) is 9.15 Å². The lowest BCUT2D eigenvalue weighted by Crippen LogP contribution is -2.50. The molecule has 1 fully saturated rings. The average molecular weight is 315 g/mol. The molecule has 122 valence electrons. The number of hydrogen-bond acceptors (Lipinski definition) is 5. The van der Waals surface area contributed by atoms with Crippen molar-refractivity contribution in [3.63, 3.8) is 0 Å². The topological polar surface area (TPSA) is 77.2 Å². The van der Waals surface area contributed by atoms with Crippen molar-refractivity contribution in [1.29, 1.82) is 0 Å². The van der Waals surface area contributed by atoms with Crippen LogP contribution in [0.25, 0.3) is 0 Å². The molecule has 0 aromatic carbocycles. The second-order valence-electron chi connectivity index (χ2n) is 5.94. The highest BCUT2D eigenvalue weighted by atomic mass is 16.5. The van der Waals surface area contributed by atoms with Crippen molar-refractivity contribution in [3.05, 3.63) is 48.4 Å². The molecule has 1 aliphatic rings. The quantitative estimate of drug-likeness (QED) is 0.916. The van der Waals surface area contributed by atoms with Gasteiger partial charge in [-0.2, -0.15) is 0 Å². The van der Waals surface area contributed by atoms with E-state index in [-0.39, 0.29) is 11.8 Å². The molecule has 2 aromatic heterocycles. The van der Waals surface area contributed by atoms with Crippen LogP contribution in [0, 0.1) is 0 Å². The van der Waals surface area contributed by atoms with Crippen molar-refractivity contribution < 1.29 is 13.9 Å². The molecule has 6 heteroatoms. The van der Waals surface area contributed by atoms with Gasteiger partial charge in [0, 0.05) is 50.8 Å². The SMILES string of the molecule is CC(CC(=O)NC1(c2ncccn2)CCOCC1)c1ccco1. The Morgan fingerprint density at radius 1 is 1.30 bits per heavy atom. The number of carbonyl (C=O) groups excluding carboxylic acids is 1. The van der Waals surface area contributed by atoms with Gasteiger partial charge in [-0.25, -0.2) is 9.97 Å². The van der Waals surface area contributed by atoms with E-state index in [2.05, 4.69) is 15.3 Å². The Hall–Kier alpha value is -2.21. The van der Waals surface area contributed by atoms with E-state index in [0.717, 1.165) is 5.76 Å². The molecule has 1 amide bonds. The largest absolute Gasteiger partial charge is 0.469 e. The van der Waals surface area contributed by atoms with Crippen molar-refractivity contribution in [2.45, 2.75) is 37.6 Å². The Morgan fingerprint density at radius 2 is 2.04 bits per heavy atom. The normalized spacial score (nSPS) is 18.3. The van der Waals surface area contributed by atoms with Gasteiger partial charge in [-0.15, -0.1) is 0 Å². The summed E-state index contributed by atoms with van der Waals surface area (Å²) in [6, 6.07) is 5.50. The molecule has 1 unspecified atom stereocenters. The molecule has 0 bridgehead atoms. The van der Waals surface area contributed by atoms with Gasteiger partial charge in [0.05, 0.1) is 6.26 Å². The molecule has 23 heavy (non-hydrogen) atoms. The fraction of sp³-hybridized carbons (Fsp3) is 0.471. The minimum absolute atomic E-state index is 0.0248. The van der Waals surface area contributed by atoms with Crippen LogP contribution in [0.15, 0.2) is 41.3 Å². The van der Waals surface area contributed by atoms with Crippen LogP contribution < -0.4 is 5.32 Å². The first-order valence-electron chi connectivity index (χ1n) is 7.89. The molecule has 2 aromatic rings. The Bertz CT molecular complexity index is 622. The van der Waals surface area contributed by atoms with Gasteiger partial charge in [0.25, 0.3) is 0 Å². The number of rotatable bonds is 5. The first-order valence-corrected chi connectivity index (χ1v) is 7.89. The summed E-state index contributed by atoms with van der Waals surface area (Å²) in [6.45, 7) is 3.16. The lowest BCUT2D eigenvalue weighted by atomic mass is 9.88. The van der Waals surface area contributed by atoms with E-state index in [9.17, 15) is 4.79 Å². The molecule has 3 heterocycles. The van der Waals surface area contributed by atoms with Crippen LogP contribution in [0.2, 0.25) is 0 Å². The van der Waals surface area contributed by atoms with Crippen LogP contribution in [0.1, 0.15) is 43.7 Å². The summed E-state index contributed by atoms with van der Waals surface area (Å²) in [5.74, 6) is 1.47. The van der Waals surface area contributed by atoms with Crippen LogP contribution in [0.5, 0.6) is 0 Å². The fourth-order valence-electron chi connectivity index (χ4n) is 2.94. The fourth-order valence-corrected chi connectivity index (χ4v) is 2.94. The van der Waals surface area contributed by atoms with E-state index in [0.29, 0.717) is 38.3 Å². The van der Waals surface area contributed by atoms with Crippen LogP contribution >= 0.6 is 0 Å².